The Kier molecular flexibility index (Phi) is 6.80. The van der Waals surface area contributed by atoms with Crippen LogP contribution in [0.4, 0.5) is 18.3 Å². The number of pyridine rings is 1. The highest BCUT2D eigenvalue weighted by Crippen LogP contribution is 2.35. The van der Waals surface area contributed by atoms with E-state index in [0.717, 1.165) is 33.3 Å². The van der Waals surface area contributed by atoms with Crippen LogP contribution in [0.2, 0.25) is 0 Å². The van der Waals surface area contributed by atoms with Gasteiger partial charge in [0.2, 0.25) is 0 Å². The van der Waals surface area contributed by atoms with Crippen LogP contribution in [0.1, 0.15) is 21.6 Å². The molecule has 0 aliphatic rings. The van der Waals surface area contributed by atoms with Gasteiger partial charge in [-0.05, 0) is 47.2 Å². The van der Waals surface area contributed by atoms with E-state index in [2.05, 4.69) is 20.6 Å². The van der Waals surface area contributed by atoms with Gasteiger partial charge in [-0.1, -0.05) is 35.6 Å². The number of nitrogens with one attached hydrogen (secondary N) is 2. The molecule has 10 heteroatoms. The number of fused-ring (bicyclic) bond motifs is 1. The van der Waals surface area contributed by atoms with Gasteiger partial charge >= 0.3 is 6.18 Å². The number of aromatic nitrogens is 2. The van der Waals surface area contributed by atoms with Gasteiger partial charge in [0.1, 0.15) is 5.69 Å². The molecule has 1 amide bonds. The van der Waals surface area contributed by atoms with Gasteiger partial charge in [-0.25, -0.2) is 4.98 Å². The molecular weight excluding hydrogens is 463 g/mol. The number of carbonyl (C=O) groups excluding carboxylic acids is 1. The molecule has 4 aromatic rings. The second kappa shape index (κ2) is 9.78. The predicted molar refractivity (Wildman–Crippen MR) is 128 cm³/mol. The van der Waals surface area contributed by atoms with E-state index >= 15 is 0 Å². The Labute approximate surface area is 198 Å². The number of benzene rings is 2. The zero-order valence-corrected chi connectivity index (χ0v) is 19.0. The van der Waals surface area contributed by atoms with Gasteiger partial charge in [0.05, 0.1) is 10.4 Å². The Morgan fingerprint density at radius 2 is 1.88 bits per heavy atom. The smallest absolute Gasteiger partial charge is 0.360 e. The van der Waals surface area contributed by atoms with Crippen LogP contribution >= 0.6 is 11.3 Å². The number of amides is 1. The first-order valence-electron chi connectivity index (χ1n) is 10.5. The maximum Gasteiger partial charge on any atom is 0.416 e. The Hall–Kier alpha value is -3.50. The summed E-state index contributed by atoms with van der Waals surface area (Å²) in [6.45, 7) is 0.338. The zero-order valence-electron chi connectivity index (χ0n) is 18.2. The van der Waals surface area contributed by atoms with E-state index in [-0.39, 0.29) is 11.9 Å². The highest BCUT2D eigenvalue weighted by Gasteiger charge is 2.30. The number of halogens is 3. The minimum absolute atomic E-state index is 0.303. The highest BCUT2D eigenvalue weighted by molar-refractivity contribution is 7.19. The fourth-order valence-corrected chi connectivity index (χ4v) is 4.48. The minimum Gasteiger partial charge on any atom is -0.360 e. The van der Waals surface area contributed by atoms with Crippen molar-refractivity contribution in [3.63, 3.8) is 0 Å². The molecular formula is C24H22F3N5OS. The summed E-state index contributed by atoms with van der Waals surface area (Å²) in [5, 5.41) is 8.30. The van der Waals surface area contributed by atoms with E-state index < -0.39 is 11.7 Å². The lowest BCUT2D eigenvalue weighted by molar-refractivity contribution is -0.137. The standard InChI is InChI=1S/C24H22F3N5OS/c1-29-22(33)20-21(16-4-5-17-12-30-9-8-15(17)11-16)34-23(32-20)31-13-19(28)10-14-2-6-18(7-3-14)24(25,26)27/h2-9,11-12,19H,10,13,28H2,1H3,(H,29,33)(H,31,32)/t19-/m0/s1. The molecule has 0 bridgehead atoms. The Morgan fingerprint density at radius 3 is 2.59 bits per heavy atom. The monoisotopic (exact) mass is 485 g/mol. The lowest BCUT2D eigenvalue weighted by Gasteiger charge is -2.13. The summed E-state index contributed by atoms with van der Waals surface area (Å²) in [7, 11) is 1.55. The van der Waals surface area contributed by atoms with Crippen LogP contribution in [0.3, 0.4) is 0 Å². The summed E-state index contributed by atoms with van der Waals surface area (Å²) in [4.78, 5) is 21.7. The molecule has 0 radical (unpaired) electrons. The third-order valence-corrected chi connectivity index (χ3v) is 6.33. The van der Waals surface area contributed by atoms with E-state index in [4.69, 9.17) is 5.73 Å². The summed E-state index contributed by atoms with van der Waals surface area (Å²) in [5.74, 6) is -0.303. The van der Waals surface area contributed by atoms with E-state index in [0.29, 0.717) is 29.4 Å². The molecule has 34 heavy (non-hydrogen) atoms. The van der Waals surface area contributed by atoms with E-state index in [1.54, 1.807) is 19.4 Å². The summed E-state index contributed by atoms with van der Waals surface area (Å²) in [6, 6.07) is 12.4. The molecule has 0 spiro atoms. The second-order valence-electron chi connectivity index (χ2n) is 7.75. The van der Waals surface area contributed by atoms with Crippen molar-refractivity contribution in [3.8, 4) is 10.4 Å². The molecule has 2 aromatic heterocycles. The fraction of sp³-hybridized carbons (Fsp3) is 0.208. The highest BCUT2D eigenvalue weighted by atomic mass is 32.1. The van der Waals surface area contributed by atoms with Crippen LogP contribution in [0, 0.1) is 0 Å². The number of hydrogen-bond acceptors (Lipinski definition) is 6. The molecule has 0 fully saturated rings. The number of nitrogens with two attached hydrogens (primary N) is 1. The SMILES string of the molecule is CNC(=O)c1nc(NC[C@@H](N)Cc2ccc(C(F)(F)F)cc2)sc1-c1ccc2cnccc2c1. The van der Waals surface area contributed by atoms with Crippen molar-refractivity contribution in [1.82, 2.24) is 15.3 Å². The van der Waals surface area contributed by atoms with Crippen LogP contribution in [0.5, 0.6) is 0 Å². The second-order valence-corrected chi connectivity index (χ2v) is 8.75. The molecule has 176 valence electrons. The van der Waals surface area contributed by atoms with Gasteiger partial charge in [0.25, 0.3) is 5.91 Å². The first-order valence-corrected chi connectivity index (χ1v) is 11.3. The van der Waals surface area contributed by atoms with Crippen LogP contribution in [0.25, 0.3) is 21.2 Å². The van der Waals surface area contributed by atoms with E-state index in [1.807, 2.05) is 24.3 Å². The van der Waals surface area contributed by atoms with Crippen molar-refractivity contribution in [2.45, 2.75) is 18.6 Å². The third-order valence-electron chi connectivity index (χ3n) is 5.27. The minimum atomic E-state index is -4.37. The number of thiazole rings is 1. The molecule has 4 rings (SSSR count). The van der Waals surface area contributed by atoms with Crippen molar-refractivity contribution < 1.29 is 18.0 Å². The average Bonchev–Trinajstić information content (AvgIpc) is 3.26. The van der Waals surface area contributed by atoms with Gasteiger partial charge in [-0.3, -0.25) is 9.78 Å². The van der Waals surface area contributed by atoms with Crippen LogP contribution in [0.15, 0.2) is 60.9 Å². The van der Waals surface area contributed by atoms with Crippen molar-refractivity contribution in [1.29, 1.82) is 0 Å². The molecule has 0 aliphatic heterocycles. The molecule has 6 nitrogen and oxygen atoms in total. The normalized spacial score (nSPS) is 12.5. The molecule has 0 saturated heterocycles. The lowest BCUT2D eigenvalue weighted by Crippen LogP contribution is -2.31. The van der Waals surface area contributed by atoms with Crippen molar-refractivity contribution >= 4 is 33.1 Å². The largest absolute Gasteiger partial charge is 0.416 e. The number of anilines is 1. The fourth-order valence-electron chi connectivity index (χ4n) is 3.51. The molecule has 4 N–H and O–H groups in total. The van der Waals surface area contributed by atoms with Gasteiger partial charge in [-0.15, -0.1) is 0 Å². The molecule has 1 atom stereocenters. The van der Waals surface area contributed by atoms with E-state index in [1.165, 1.54) is 23.5 Å². The molecule has 2 aromatic carbocycles. The number of alkyl halides is 3. The first-order chi connectivity index (χ1) is 16.2. The molecule has 0 aliphatic carbocycles. The summed E-state index contributed by atoms with van der Waals surface area (Å²) >= 11 is 1.34. The van der Waals surface area contributed by atoms with Crippen LogP contribution in [-0.4, -0.2) is 35.5 Å². The van der Waals surface area contributed by atoms with E-state index in [9.17, 15) is 18.0 Å². The predicted octanol–water partition coefficient (Wildman–Crippen LogP) is 4.72. The zero-order chi connectivity index (χ0) is 24.3. The Morgan fingerprint density at radius 1 is 1.12 bits per heavy atom. The average molecular weight is 486 g/mol. The summed E-state index contributed by atoms with van der Waals surface area (Å²) in [6.07, 6.45) is -0.487. The van der Waals surface area contributed by atoms with Crippen LogP contribution in [-0.2, 0) is 12.6 Å². The maximum absolute atomic E-state index is 12.7. The van der Waals surface area contributed by atoms with Gasteiger partial charge in [0.15, 0.2) is 5.13 Å². The number of hydrogen-bond donors (Lipinski definition) is 3. The van der Waals surface area contributed by atoms with Gasteiger partial charge < -0.3 is 16.4 Å². The van der Waals surface area contributed by atoms with Crippen molar-refractivity contribution in [2.24, 2.45) is 5.73 Å². The van der Waals surface area contributed by atoms with Crippen LogP contribution < -0.4 is 16.4 Å². The third kappa shape index (κ3) is 5.35. The number of nitrogens with zero attached hydrogens (tertiary/aromatic N) is 2. The van der Waals surface area contributed by atoms with Gasteiger partial charge in [-0.2, -0.15) is 13.2 Å². The number of rotatable bonds is 7. The van der Waals surface area contributed by atoms with Crippen molar-refractivity contribution in [2.75, 3.05) is 18.9 Å². The number of carbonyl (C=O) groups is 1. The van der Waals surface area contributed by atoms with Gasteiger partial charge in [0, 0.05) is 37.4 Å². The molecule has 0 saturated carbocycles. The summed E-state index contributed by atoms with van der Waals surface area (Å²) in [5.41, 5.74) is 7.37. The maximum atomic E-state index is 12.7. The molecule has 0 unspecified atom stereocenters. The summed E-state index contributed by atoms with van der Waals surface area (Å²) < 4.78 is 38.2. The lowest BCUT2D eigenvalue weighted by atomic mass is 10.0. The Balaban J connectivity index is 1.48. The first kappa shape index (κ1) is 23.7. The Bertz CT molecular complexity index is 1300. The van der Waals surface area contributed by atoms with Crippen molar-refractivity contribution in [3.05, 3.63) is 77.7 Å². The topological polar surface area (TPSA) is 92.9 Å². The quantitative estimate of drug-likeness (QED) is 0.352. The molecule has 2 heterocycles.